The normalized spacial score (nSPS) is 20.2. The first-order valence-electron chi connectivity index (χ1n) is 5.57. The van der Waals surface area contributed by atoms with Crippen LogP contribution in [-0.4, -0.2) is 41.0 Å². The quantitative estimate of drug-likeness (QED) is 0.833. The number of sulfonamides is 1. The SMILES string of the molecule is O=S(=O)(c1nc[nH]n1)N1CCCCCCC1. The zero-order valence-electron chi connectivity index (χ0n) is 9.09. The van der Waals surface area contributed by atoms with Crippen LogP contribution in [0.1, 0.15) is 32.1 Å². The maximum atomic E-state index is 12.1. The number of hydrogen-bond acceptors (Lipinski definition) is 4. The van der Waals surface area contributed by atoms with E-state index in [-0.39, 0.29) is 5.16 Å². The van der Waals surface area contributed by atoms with Gasteiger partial charge < -0.3 is 0 Å². The van der Waals surface area contributed by atoms with E-state index in [1.165, 1.54) is 17.1 Å². The number of nitrogens with one attached hydrogen (secondary N) is 1. The van der Waals surface area contributed by atoms with Crippen LogP contribution < -0.4 is 0 Å². The summed E-state index contributed by atoms with van der Waals surface area (Å²) in [7, 11) is -3.48. The Hall–Kier alpha value is -0.950. The monoisotopic (exact) mass is 244 g/mol. The summed E-state index contributed by atoms with van der Waals surface area (Å²) < 4.78 is 25.7. The van der Waals surface area contributed by atoms with Gasteiger partial charge in [0.2, 0.25) is 0 Å². The van der Waals surface area contributed by atoms with Crippen LogP contribution >= 0.6 is 0 Å². The first-order valence-corrected chi connectivity index (χ1v) is 7.01. The second-order valence-electron chi connectivity index (χ2n) is 3.95. The molecule has 0 spiro atoms. The molecule has 1 aliphatic heterocycles. The van der Waals surface area contributed by atoms with Crippen molar-refractivity contribution in [2.45, 2.75) is 37.3 Å². The first-order chi connectivity index (χ1) is 7.71. The van der Waals surface area contributed by atoms with Gasteiger partial charge in [0.05, 0.1) is 0 Å². The van der Waals surface area contributed by atoms with Crippen molar-refractivity contribution in [3.05, 3.63) is 6.33 Å². The predicted molar refractivity (Wildman–Crippen MR) is 58.2 cm³/mol. The van der Waals surface area contributed by atoms with Gasteiger partial charge in [-0.05, 0) is 12.8 Å². The second kappa shape index (κ2) is 4.92. The Labute approximate surface area is 95.1 Å². The lowest BCUT2D eigenvalue weighted by atomic mass is 10.1. The third kappa shape index (κ3) is 2.41. The van der Waals surface area contributed by atoms with Crippen molar-refractivity contribution in [1.29, 1.82) is 0 Å². The van der Waals surface area contributed by atoms with Crippen LogP contribution in [0, 0.1) is 0 Å². The highest BCUT2D eigenvalue weighted by atomic mass is 32.2. The van der Waals surface area contributed by atoms with Crippen LogP contribution in [0.4, 0.5) is 0 Å². The summed E-state index contributed by atoms with van der Waals surface area (Å²) in [6, 6.07) is 0. The molecule has 1 aliphatic rings. The van der Waals surface area contributed by atoms with Gasteiger partial charge in [-0.15, -0.1) is 5.10 Å². The van der Waals surface area contributed by atoms with Crippen LogP contribution in [-0.2, 0) is 10.0 Å². The lowest BCUT2D eigenvalue weighted by Gasteiger charge is -2.22. The van der Waals surface area contributed by atoms with Crippen molar-refractivity contribution in [1.82, 2.24) is 19.5 Å². The molecule has 1 aromatic heterocycles. The van der Waals surface area contributed by atoms with Gasteiger partial charge in [-0.1, -0.05) is 19.3 Å². The van der Waals surface area contributed by atoms with Crippen molar-refractivity contribution in [3.63, 3.8) is 0 Å². The Morgan fingerprint density at radius 2 is 1.75 bits per heavy atom. The molecular weight excluding hydrogens is 228 g/mol. The summed E-state index contributed by atoms with van der Waals surface area (Å²) in [5.74, 6) is 0. The molecule has 1 saturated heterocycles. The van der Waals surface area contributed by atoms with E-state index in [1.54, 1.807) is 0 Å². The van der Waals surface area contributed by atoms with Gasteiger partial charge in [0.1, 0.15) is 6.33 Å². The van der Waals surface area contributed by atoms with Crippen LogP contribution in [0.2, 0.25) is 0 Å². The van der Waals surface area contributed by atoms with Crippen molar-refractivity contribution in [3.8, 4) is 0 Å². The lowest BCUT2D eigenvalue weighted by Crippen LogP contribution is -2.34. The summed E-state index contributed by atoms with van der Waals surface area (Å²) in [4.78, 5) is 3.72. The molecule has 0 atom stereocenters. The highest BCUT2D eigenvalue weighted by Crippen LogP contribution is 2.16. The summed E-state index contributed by atoms with van der Waals surface area (Å²) >= 11 is 0. The Morgan fingerprint density at radius 3 is 2.31 bits per heavy atom. The fourth-order valence-electron chi connectivity index (χ4n) is 1.90. The fraction of sp³-hybridized carbons (Fsp3) is 0.778. The molecule has 1 N–H and O–H groups in total. The number of hydrogen-bond donors (Lipinski definition) is 1. The number of H-pyrrole nitrogens is 1. The van der Waals surface area contributed by atoms with E-state index in [2.05, 4.69) is 15.2 Å². The molecule has 0 saturated carbocycles. The van der Waals surface area contributed by atoms with Gasteiger partial charge >= 0.3 is 0 Å². The van der Waals surface area contributed by atoms with Crippen LogP contribution in [0.5, 0.6) is 0 Å². The standard InChI is InChI=1S/C9H16N4O2S/c14-16(15,9-10-8-11-12-9)13-6-4-2-1-3-5-7-13/h8H,1-7H2,(H,10,11,12). The van der Waals surface area contributed by atoms with Crippen LogP contribution in [0.15, 0.2) is 11.5 Å². The van der Waals surface area contributed by atoms with Gasteiger partial charge in [0, 0.05) is 13.1 Å². The average Bonchev–Trinajstić information content (AvgIpc) is 2.68. The topological polar surface area (TPSA) is 79.0 Å². The third-order valence-corrected chi connectivity index (χ3v) is 4.48. The lowest BCUT2D eigenvalue weighted by molar-refractivity contribution is 0.361. The van der Waals surface area contributed by atoms with Gasteiger partial charge in [-0.2, -0.15) is 4.31 Å². The van der Waals surface area contributed by atoms with Gasteiger partial charge in [-0.25, -0.2) is 13.4 Å². The summed E-state index contributed by atoms with van der Waals surface area (Å²) in [6.45, 7) is 1.16. The Balaban J connectivity index is 2.15. The minimum atomic E-state index is -3.48. The molecule has 0 amide bonds. The maximum Gasteiger partial charge on any atom is 0.282 e. The average molecular weight is 244 g/mol. The Morgan fingerprint density at radius 1 is 1.12 bits per heavy atom. The van der Waals surface area contributed by atoms with Gasteiger partial charge in [-0.3, -0.25) is 5.10 Å². The summed E-state index contributed by atoms with van der Waals surface area (Å²) in [5, 5.41) is 5.97. The van der Waals surface area contributed by atoms with E-state index >= 15 is 0 Å². The minimum Gasteiger partial charge on any atom is -0.265 e. The highest BCUT2D eigenvalue weighted by molar-refractivity contribution is 7.88. The fourth-order valence-corrected chi connectivity index (χ4v) is 3.22. The summed E-state index contributed by atoms with van der Waals surface area (Å²) in [5.41, 5.74) is 0. The van der Waals surface area contributed by atoms with Gasteiger partial charge in [0.25, 0.3) is 15.2 Å². The molecule has 0 aliphatic carbocycles. The first kappa shape index (κ1) is 11.5. The van der Waals surface area contributed by atoms with E-state index in [4.69, 9.17) is 0 Å². The van der Waals surface area contributed by atoms with Crippen molar-refractivity contribution < 1.29 is 8.42 Å². The molecule has 0 bridgehead atoms. The van der Waals surface area contributed by atoms with E-state index in [0.717, 1.165) is 25.7 Å². The zero-order valence-corrected chi connectivity index (χ0v) is 9.91. The largest absolute Gasteiger partial charge is 0.282 e. The molecule has 2 rings (SSSR count). The van der Waals surface area contributed by atoms with Crippen molar-refractivity contribution in [2.24, 2.45) is 0 Å². The molecule has 90 valence electrons. The zero-order chi connectivity index (χ0) is 11.4. The molecule has 0 aromatic carbocycles. The highest BCUT2D eigenvalue weighted by Gasteiger charge is 2.27. The molecule has 0 radical (unpaired) electrons. The molecule has 7 heteroatoms. The van der Waals surface area contributed by atoms with Crippen LogP contribution in [0.25, 0.3) is 0 Å². The van der Waals surface area contributed by atoms with E-state index in [1.807, 2.05) is 0 Å². The van der Waals surface area contributed by atoms with Crippen LogP contribution in [0.3, 0.4) is 0 Å². The number of aromatic amines is 1. The van der Waals surface area contributed by atoms with E-state index in [9.17, 15) is 8.42 Å². The molecule has 1 aromatic rings. The number of aromatic nitrogens is 3. The van der Waals surface area contributed by atoms with Crippen molar-refractivity contribution in [2.75, 3.05) is 13.1 Å². The molecule has 1 fully saturated rings. The van der Waals surface area contributed by atoms with Crippen molar-refractivity contribution >= 4 is 10.0 Å². The van der Waals surface area contributed by atoms with Gasteiger partial charge in [0.15, 0.2) is 0 Å². The molecule has 0 unspecified atom stereocenters. The second-order valence-corrected chi connectivity index (χ2v) is 5.79. The molecule has 6 nitrogen and oxygen atoms in total. The maximum absolute atomic E-state index is 12.1. The minimum absolute atomic E-state index is 0.118. The Kier molecular flexibility index (Phi) is 3.55. The third-order valence-electron chi connectivity index (χ3n) is 2.78. The van der Waals surface area contributed by atoms with E-state index in [0.29, 0.717) is 13.1 Å². The number of nitrogens with zero attached hydrogens (tertiary/aromatic N) is 3. The molecule has 16 heavy (non-hydrogen) atoms. The Bertz CT molecular complexity index is 407. The molecule has 2 heterocycles. The predicted octanol–water partition coefficient (Wildman–Crippen LogP) is 0.759. The smallest absolute Gasteiger partial charge is 0.265 e. The number of rotatable bonds is 2. The van der Waals surface area contributed by atoms with E-state index < -0.39 is 10.0 Å². The summed E-state index contributed by atoms with van der Waals surface area (Å²) in [6.07, 6.45) is 6.53. The molecular formula is C9H16N4O2S.